The number of hydrogen-bond acceptors (Lipinski definition) is 7. The molecule has 2 saturated heterocycles. The van der Waals surface area contributed by atoms with Crippen LogP contribution in [0.1, 0.15) is 38.8 Å². The fourth-order valence-corrected chi connectivity index (χ4v) is 4.12. The van der Waals surface area contributed by atoms with Gasteiger partial charge in [0.25, 0.3) is 0 Å². The fraction of sp³-hybridized carbons (Fsp3) is 0.500. The van der Waals surface area contributed by atoms with E-state index in [1.165, 1.54) is 0 Å². The Morgan fingerprint density at radius 2 is 1.58 bits per heavy atom. The summed E-state index contributed by atoms with van der Waals surface area (Å²) in [6, 6.07) is 14.8. The number of rotatable bonds is 6. The van der Waals surface area contributed by atoms with Gasteiger partial charge >= 0.3 is 0 Å². The van der Waals surface area contributed by atoms with Crippen molar-refractivity contribution in [3.63, 3.8) is 0 Å². The van der Waals surface area contributed by atoms with Crippen molar-refractivity contribution in [3.05, 3.63) is 59.7 Å². The summed E-state index contributed by atoms with van der Waals surface area (Å²) in [6.45, 7) is 7.69. The molecule has 2 aliphatic heterocycles. The average Bonchev–Trinajstić information content (AvgIpc) is 3.19. The maximum absolute atomic E-state index is 10.5. The van der Waals surface area contributed by atoms with E-state index in [1.807, 2.05) is 36.4 Å². The average molecular weight is 430 g/mol. The van der Waals surface area contributed by atoms with Gasteiger partial charge < -0.3 is 34.3 Å². The molecule has 7 heteroatoms. The second-order valence-electron chi connectivity index (χ2n) is 9.13. The van der Waals surface area contributed by atoms with Gasteiger partial charge in [-0.3, -0.25) is 0 Å². The van der Waals surface area contributed by atoms with E-state index in [4.69, 9.17) is 18.9 Å². The van der Waals surface area contributed by atoms with E-state index in [0.29, 0.717) is 5.75 Å². The molecule has 2 aromatic rings. The summed E-state index contributed by atoms with van der Waals surface area (Å²) in [5, 5.41) is 30.5. The van der Waals surface area contributed by atoms with Crippen LogP contribution in [0.3, 0.4) is 0 Å². The lowest BCUT2D eigenvalue weighted by molar-refractivity contribution is -0.227. The van der Waals surface area contributed by atoms with E-state index in [1.54, 1.807) is 26.0 Å². The molecule has 3 N–H and O–H groups in total. The van der Waals surface area contributed by atoms with Crippen LogP contribution in [0.4, 0.5) is 0 Å². The van der Waals surface area contributed by atoms with Crippen LogP contribution in [0.5, 0.6) is 11.5 Å². The molecule has 4 rings (SSSR count). The Balaban J connectivity index is 1.35. The number of phenolic OH excluding ortho intramolecular Hbond substituents is 1. The highest BCUT2D eigenvalue weighted by Crippen LogP contribution is 2.38. The Labute approximate surface area is 182 Å². The normalized spacial score (nSPS) is 28.3. The molecule has 2 aliphatic rings. The summed E-state index contributed by atoms with van der Waals surface area (Å²) in [6.07, 6.45) is -4.22. The predicted molar refractivity (Wildman–Crippen MR) is 113 cm³/mol. The van der Waals surface area contributed by atoms with Crippen LogP contribution < -0.4 is 4.74 Å². The van der Waals surface area contributed by atoms with Crippen molar-refractivity contribution < 1.29 is 34.3 Å². The molecule has 0 aliphatic carbocycles. The molecule has 31 heavy (non-hydrogen) atoms. The lowest BCUT2D eigenvalue weighted by Crippen LogP contribution is -2.43. The lowest BCUT2D eigenvalue weighted by atomic mass is 9.78. The minimum Gasteiger partial charge on any atom is -0.508 e. The van der Waals surface area contributed by atoms with E-state index in [-0.39, 0.29) is 17.8 Å². The third-order valence-electron chi connectivity index (χ3n) is 6.02. The predicted octanol–water partition coefficient (Wildman–Crippen LogP) is 2.70. The molecule has 0 bridgehead atoms. The van der Waals surface area contributed by atoms with Gasteiger partial charge in [0.1, 0.15) is 42.5 Å². The van der Waals surface area contributed by atoms with Gasteiger partial charge in [0.15, 0.2) is 12.1 Å². The van der Waals surface area contributed by atoms with Crippen molar-refractivity contribution in [1.82, 2.24) is 0 Å². The molecule has 2 aromatic carbocycles. The maximum atomic E-state index is 10.5. The molecule has 0 saturated carbocycles. The van der Waals surface area contributed by atoms with Crippen molar-refractivity contribution in [2.75, 3.05) is 6.61 Å². The molecular weight excluding hydrogens is 400 g/mol. The second kappa shape index (κ2) is 8.07. The summed E-state index contributed by atoms with van der Waals surface area (Å²) in [4.78, 5) is 0. The van der Waals surface area contributed by atoms with Crippen LogP contribution in [0.15, 0.2) is 48.5 Å². The van der Waals surface area contributed by atoms with Crippen molar-refractivity contribution in [2.24, 2.45) is 0 Å². The molecule has 2 fully saturated rings. The minimum absolute atomic E-state index is 0.0364. The largest absolute Gasteiger partial charge is 0.508 e. The van der Waals surface area contributed by atoms with Crippen LogP contribution in [-0.2, 0) is 19.6 Å². The van der Waals surface area contributed by atoms with Gasteiger partial charge in [-0.2, -0.15) is 0 Å². The lowest BCUT2D eigenvalue weighted by Gasteiger charge is -2.27. The molecule has 0 unspecified atom stereocenters. The molecule has 0 radical (unpaired) electrons. The zero-order chi connectivity index (χ0) is 22.4. The van der Waals surface area contributed by atoms with Crippen LogP contribution in [0, 0.1) is 0 Å². The number of aliphatic hydroxyl groups excluding tert-OH is 2. The standard InChI is InChI=1S/C24H30O7/c1-23(2,14-5-9-16(25)10-6-14)15-7-11-17(12-8-15)28-13-18(26)20-19(27)21-22(29-20)31-24(3,4)30-21/h5-12,18-22,25-27H,13H2,1-4H3/t18-,19+,20-,21-,22-/m1/s1. The van der Waals surface area contributed by atoms with Gasteiger partial charge in [-0.05, 0) is 49.2 Å². The smallest absolute Gasteiger partial charge is 0.190 e. The van der Waals surface area contributed by atoms with Crippen LogP contribution >= 0.6 is 0 Å². The minimum atomic E-state index is -1.04. The summed E-state index contributed by atoms with van der Waals surface area (Å²) in [5.41, 5.74) is 1.92. The van der Waals surface area contributed by atoms with Crippen molar-refractivity contribution >= 4 is 0 Å². The van der Waals surface area contributed by atoms with Gasteiger partial charge in [-0.1, -0.05) is 38.1 Å². The number of aliphatic hydroxyl groups is 2. The molecule has 2 heterocycles. The quantitative estimate of drug-likeness (QED) is 0.648. The summed E-state index contributed by atoms with van der Waals surface area (Å²) in [5.74, 6) is 0.0209. The highest BCUT2D eigenvalue weighted by Gasteiger charge is 2.56. The van der Waals surface area contributed by atoms with Gasteiger partial charge in [0, 0.05) is 5.41 Å². The van der Waals surface area contributed by atoms with Crippen molar-refractivity contribution in [2.45, 2.75) is 69.6 Å². The van der Waals surface area contributed by atoms with Crippen LogP contribution in [0.25, 0.3) is 0 Å². The van der Waals surface area contributed by atoms with E-state index >= 15 is 0 Å². The second-order valence-corrected chi connectivity index (χ2v) is 9.13. The zero-order valence-corrected chi connectivity index (χ0v) is 18.2. The molecule has 7 nitrogen and oxygen atoms in total. The first kappa shape index (κ1) is 22.0. The number of hydrogen-bond donors (Lipinski definition) is 3. The summed E-state index contributed by atoms with van der Waals surface area (Å²) < 4.78 is 22.6. The fourth-order valence-electron chi connectivity index (χ4n) is 4.12. The monoisotopic (exact) mass is 430 g/mol. The third kappa shape index (κ3) is 4.42. The number of phenols is 1. The van der Waals surface area contributed by atoms with E-state index in [9.17, 15) is 15.3 Å². The summed E-state index contributed by atoms with van der Waals surface area (Å²) >= 11 is 0. The first-order chi connectivity index (χ1) is 14.6. The number of fused-ring (bicyclic) bond motifs is 1. The highest BCUT2D eigenvalue weighted by atomic mass is 16.8. The molecule has 168 valence electrons. The Kier molecular flexibility index (Phi) is 5.74. The van der Waals surface area contributed by atoms with Crippen molar-refractivity contribution in [1.29, 1.82) is 0 Å². The number of ether oxygens (including phenoxy) is 4. The molecule has 0 amide bonds. The first-order valence-electron chi connectivity index (χ1n) is 10.5. The van der Waals surface area contributed by atoms with Gasteiger partial charge in [-0.25, -0.2) is 0 Å². The summed E-state index contributed by atoms with van der Waals surface area (Å²) in [7, 11) is 0. The molecular formula is C24H30O7. The Bertz CT molecular complexity index is 891. The van der Waals surface area contributed by atoms with Crippen molar-refractivity contribution in [3.8, 4) is 11.5 Å². The van der Waals surface area contributed by atoms with E-state index in [0.717, 1.165) is 11.1 Å². The topological polar surface area (TPSA) is 97.6 Å². The van der Waals surface area contributed by atoms with Crippen LogP contribution in [-0.4, -0.2) is 58.4 Å². The third-order valence-corrected chi connectivity index (χ3v) is 6.02. The van der Waals surface area contributed by atoms with Gasteiger partial charge in [0.05, 0.1) is 0 Å². The Morgan fingerprint density at radius 3 is 2.16 bits per heavy atom. The van der Waals surface area contributed by atoms with E-state index in [2.05, 4.69) is 13.8 Å². The Morgan fingerprint density at radius 1 is 1.00 bits per heavy atom. The number of benzene rings is 2. The molecule has 0 aromatic heterocycles. The Hall–Kier alpha value is -2.16. The first-order valence-corrected chi connectivity index (χ1v) is 10.5. The van der Waals surface area contributed by atoms with Gasteiger partial charge in [-0.15, -0.1) is 0 Å². The highest BCUT2D eigenvalue weighted by molar-refractivity contribution is 5.41. The SMILES string of the molecule is CC1(C)O[C@H]2O[C@H]([C@H](O)COc3ccc(C(C)(C)c4ccc(O)cc4)cc3)[C@H](O)[C@H]2O1. The number of aromatic hydroxyl groups is 1. The van der Waals surface area contributed by atoms with E-state index < -0.39 is 36.5 Å². The molecule has 5 atom stereocenters. The molecule has 0 spiro atoms. The zero-order valence-electron chi connectivity index (χ0n) is 18.2. The van der Waals surface area contributed by atoms with Gasteiger partial charge in [0.2, 0.25) is 0 Å². The van der Waals surface area contributed by atoms with Crippen LogP contribution in [0.2, 0.25) is 0 Å². The maximum Gasteiger partial charge on any atom is 0.190 e.